The van der Waals surface area contributed by atoms with Gasteiger partial charge in [0.1, 0.15) is 5.82 Å². The van der Waals surface area contributed by atoms with Gasteiger partial charge in [0, 0.05) is 11.0 Å². The summed E-state index contributed by atoms with van der Waals surface area (Å²) in [5.74, 6) is 1.26. The lowest BCUT2D eigenvalue weighted by atomic mass is 9.88. The van der Waals surface area contributed by atoms with Gasteiger partial charge in [-0.15, -0.1) is 0 Å². The lowest BCUT2D eigenvalue weighted by Gasteiger charge is -2.17. The second kappa shape index (κ2) is 4.41. The summed E-state index contributed by atoms with van der Waals surface area (Å²) in [7, 11) is 0. The minimum Gasteiger partial charge on any atom is -0.382 e. The van der Waals surface area contributed by atoms with Crippen molar-refractivity contribution >= 4 is 5.82 Å². The molecule has 3 N–H and O–H groups in total. The molecular formula is C16H21N3. The molecule has 0 spiro atoms. The van der Waals surface area contributed by atoms with Gasteiger partial charge in [0.25, 0.3) is 0 Å². The van der Waals surface area contributed by atoms with Crippen molar-refractivity contribution in [2.24, 2.45) is 5.92 Å². The van der Waals surface area contributed by atoms with Gasteiger partial charge < -0.3 is 5.73 Å². The highest BCUT2D eigenvalue weighted by Gasteiger charge is 2.48. The Hall–Kier alpha value is -1.77. The first-order valence-corrected chi connectivity index (χ1v) is 7.02. The van der Waals surface area contributed by atoms with Crippen molar-refractivity contribution in [3.05, 3.63) is 47.2 Å². The standard InChI is InChI=1S/C16H21N3/c1-11(2)10-13-14(18-19-15(13)17)16(8-9-16)12-6-4-3-5-7-12/h3-7,11H,8-10H2,1-2H3,(H3,17,18,19). The van der Waals surface area contributed by atoms with Crippen LogP contribution in [-0.2, 0) is 11.8 Å². The molecule has 1 aromatic carbocycles. The lowest BCUT2D eigenvalue weighted by Crippen LogP contribution is -2.13. The fraction of sp³-hybridized carbons (Fsp3) is 0.438. The summed E-state index contributed by atoms with van der Waals surface area (Å²) in [5, 5.41) is 7.46. The van der Waals surface area contributed by atoms with Crippen LogP contribution in [0.1, 0.15) is 43.5 Å². The molecule has 1 aliphatic rings. The maximum absolute atomic E-state index is 6.05. The number of H-pyrrole nitrogens is 1. The van der Waals surface area contributed by atoms with E-state index in [1.807, 2.05) is 0 Å². The third kappa shape index (κ3) is 2.03. The van der Waals surface area contributed by atoms with Gasteiger partial charge in [-0.25, -0.2) is 0 Å². The molecule has 0 bridgehead atoms. The van der Waals surface area contributed by atoms with Crippen LogP contribution < -0.4 is 5.73 Å². The number of hydrogen-bond acceptors (Lipinski definition) is 2. The normalized spacial score (nSPS) is 16.8. The van der Waals surface area contributed by atoms with Crippen molar-refractivity contribution in [1.82, 2.24) is 10.2 Å². The van der Waals surface area contributed by atoms with Crippen LogP contribution in [-0.4, -0.2) is 10.2 Å². The molecule has 1 heterocycles. The largest absolute Gasteiger partial charge is 0.382 e. The molecule has 0 atom stereocenters. The van der Waals surface area contributed by atoms with Crippen LogP contribution in [0, 0.1) is 5.92 Å². The Kier molecular flexibility index (Phi) is 2.85. The van der Waals surface area contributed by atoms with E-state index >= 15 is 0 Å². The number of nitrogen functional groups attached to an aromatic ring is 1. The molecule has 0 saturated heterocycles. The summed E-state index contributed by atoms with van der Waals surface area (Å²) >= 11 is 0. The van der Waals surface area contributed by atoms with E-state index in [-0.39, 0.29) is 5.41 Å². The summed E-state index contributed by atoms with van der Waals surface area (Å²) in [5.41, 5.74) is 10.0. The molecule has 0 radical (unpaired) electrons. The second-order valence-corrected chi connectivity index (χ2v) is 6.01. The molecule has 100 valence electrons. The predicted octanol–water partition coefficient (Wildman–Crippen LogP) is 3.27. The Balaban J connectivity index is 2.03. The Bertz CT molecular complexity index is 565. The number of aromatic nitrogens is 2. The molecule has 1 aromatic heterocycles. The molecule has 3 rings (SSSR count). The summed E-state index contributed by atoms with van der Waals surface area (Å²) in [6.45, 7) is 4.44. The van der Waals surface area contributed by atoms with Crippen molar-refractivity contribution in [1.29, 1.82) is 0 Å². The van der Waals surface area contributed by atoms with Crippen molar-refractivity contribution in [2.45, 2.75) is 38.5 Å². The molecule has 19 heavy (non-hydrogen) atoms. The molecule has 1 aliphatic carbocycles. The molecule has 0 aliphatic heterocycles. The average molecular weight is 255 g/mol. The molecule has 3 heteroatoms. The highest BCUT2D eigenvalue weighted by Crippen LogP contribution is 2.54. The number of anilines is 1. The minimum absolute atomic E-state index is 0.135. The number of nitrogens with two attached hydrogens (primary N) is 1. The summed E-state index contributed by atoms with van der Waals surface area (Å²) in [6.07, 6.45) is 3.36. The van der Waals surface area contributed by atoms with Crippen LogP contribution in [0.15, 0.2) is 30.3 Å². The van der Waals surface area contributed by atoms with E-state index in [1.165, 1.54) is 29.7 Å². The van der Waals surface area contributed by atoms with Gasteiger partial charge in [0.2, 0.25) is 0 Å². The highest BCUT2D eigenvalue weighted by molar-refractivity contribution is 5.52. The third-order valence-electron chi connectivity index (χ3n) is 4.07. The third-order valence-corrected chi connectivity index (χ3v) is 4.07. The average Bonchev–Trinajstić information content (AvgIpc) is 3.13. The number of hydrogen-bond donors (Lipinski definition) is 2. The van der Waals surface area contributed by atoms with Gasteiger partial charge in [0.05, 0.1) is 5.69 Å². The number of aromatic amines is 1. The minimum atomic E-state index is 0.135. The second-order valence-electron chi connectivity index (χ2n) is 6.01. The van der Waals surface area contributed by atoms with E-state index < -0.39 is 0 Å². The van der Waals surface area contributed by atoms with Crippen LogP contribution in [0.5, 0.6) is 0 Å². The van der Waals surface area contributed by atoms with Crippen LogP contribution in [0.25, 0.3) is 0 Å². The number of benzene rings is 1. The fourth-order valence-corrected chi connectivity index (χ4v) is 2.96. The Morgan fingerprint density at radius 2 is 1.95 bits per heavy atom. The first kappa shape index (κ1) is 12.3. The van der Waals surface area contributed by atoms with Gasteiger partial charge >= 0.3 is 0 Å². The summed E-state index contributed by atoms with van der Waals surface area (Å²) in [6, 6.07) is 10.7. The molecule has 0 unspecified atom stereocenters. The van der Waals surface area contributed by atoms with Crippen LogP contribution in [0.3, 0.4) is 0 Å². The van der Waals surface area contributed by atoms with Gasteiger partial charge in [0.15, 0.2) is 0 Å². The maximum atomic E-state index is 6.05. The number of nitrogens with zero attached hydrogens (tertiary/aromatic N) is 1. The zero-order valence-corrected chi connectivity index (χ0v) is 11.6. The highest BCUT2D eigenvalue weighted by atomic mass is 15.2. The van der Waals surface area contributed by atoms with E-state index in [1.54, 1.807) is 0 Å². The predicted molar refractivity (Wildman–Crippen MR) is 78.0 cm³/mol. The van der Waals surface area contributed by atoms with E-state index in [2.05, 4.69) is 54.4 Å². The van der Waals surface area contributed by atoms with Crippen LogP contribution in [0.2, 0.25) is 0 Å². The van der Waals surface area contributed by atoms with Gasteiger partial charge in [-0.3, -0.25) is 5.10 Å². The molecule has 3 nitrogen and oxygen atoms in total. The van der Waals surface area contributed by atoms with Crippen LogP contribution >= 0.6 is 0 Å². The molecular weight excluding hydrogens is 234 g/mol. The van der Waals surface area contributed by atoms with Gasteiger partial charge in [-0.05, 0) is 30.7 Å². The van der Waals surface area contributed by atoms with Crippen molar-refractivity contribution in [2.75, 3.05) is 5.73 Å². The van der Waals surface area contributed by atoms with E-state index in [0.29, 0.717) is 11.7 Å². The maximum Gasteiger partial charge on any atom is 0.148 e. The topological polar surface area (TPSA) is 54.7 Å². The van der Waals surface area contributed by atoms with Crippen molar-refractivity contribution in [3.63, 3.8) is 0 Å². The van der Waals surface area contributed by atoms with E-state index in [9.17, 15) is 0 Å². The van der Waals surface area contributed by atoms with Gasteiger partial charge in [-0.2, -0.15) is 5.10 Å². The van der Waals surface area contributed by atoms with Crippen molar-refractivity contribution in [3.8, 4) is 0 Å². The zero-order valence-electron chi connectivity index (χ0n) is 11.6. The molecule has 1 saturated carbocycles. The quantitative estimate of drug-likeness (QED) is 0.881. The van der Waals surface area contributed by atoms with Crippen molar-refractivity contribution < 1.29 is 0 Å². The Labute approximate surface area is 114 Å². The van der Waals surface area contributed by atoms with Crippen LogP contribution in [0.4, 0.5) is 5.82 Å². The summed E-state index contributed by atoms with van der Waals surface area (Å²) in [4.78, 5) is 0. The zero-order chi connectivity index (χ0) is 13.5. The number of rotatable bonds is 4. The Morgan fingerprint density at radius 1 is 1.26 bits per heavy atom. The van der Waals surface area contributed by atoms with E-state index in [0.717, 1.165) is 6.42 Å². The fourth-order valence-electron chi connectivity index (χ4n) is 2.96. The molecule has 2 aromatic rings. The molecule has 1 fully saturated rings. The van der Waals surface area contributed by atoms with Gasteiger partial charge in [-0.1, -0.05) is 44.2 Å². The first-order valence-electron chi connectivity index (χ1n) is 7.02. The SMILES string of the molecule is CC(C)Cc1c(N)n[nH]c1C1(c2ccccc2)CC1. The number of nitrogens with one attached hydrogen (secondary N) is 1. The smallest absolute Gasteiger partial charge is 0.148 e. The molecule has 0 amide bonds. The monoisotopic (exact) mass is 255 g/mol. The Morgan fingerprint density at radius 3 is 2.53 bits per heavy atom. The lowest BCUT2D eigenvalue weighted by molar-refractivity contribution is 0.636. The summed E-state index contributed by atoms with van der Waals surface area (Å²) < 4.78 is 0. The first-order chi connectivity index (χ1) is 9.13. The van der Waals surface area contributed by atoms with E-state index in [4.69, 9.17) is 5.73 Å².